The van der Waals surface area contributed by atoms with Crippen LogP contribution in [0.15, 0.2) is 23.0 Å². The molecule has 1 aromatic carbocycles. The fourth-order valence-electron chi connectivity index (χ4n) is 3.87. The highest BCUT2D eigenvalue weighted by Gasteiger charge is 2.23. The van der Waals surface area contributed by atoms with Gasteiger partial charge >= 0.3 is 0 Å². The van der Waals surface area contributed by atoms with Crippen LogP contribution in [0.4, 0.5) is 5.69 Å². The Morgan fingerprint density at radius 1 is 1.28 bits per heavy atom. The zero-order chi connectivity index (χ0) is 22.4. The van der Waals surface area contributed by atoms with Crippen molar-refractivity contribution in [2.45, 2.75) is 57.0 Å². The predicted molar refractivity (Wildman–Crippen MR) is 132 cm³/mol. The molecule has 3 aromatic heterocycles. The molecular formula is C23H25N5O2S2. The van der Waals surface area contributed by atoms with E-state index in [4.69, 9.17) is 0 Å². The van der Waals surface area contributed by atoms with E-state index in [1.165, 1.54) is 42.4 Å². The second-order valence-corrected chi connectivity index (χ2v) is 10.9. The molecule has 0 spiro atoms. The lowest BCUT2D eigenvalue weighted by atomic mass is 9.85. The molecule has 32 heavy (non-hydrogen) atoms. The molecule has 1 aliphatic carbocycles. The van der Waals surface area contributed by atoms with Crippen molar-refractivity contribution < 1.29 is 4.79 Å². The van der Waals surface area contributed by atoms with E-state index in [1.807, 2.05) is 39.0 Å². The fraction of sp³-hybridized carbons (Fsp3) is 0.391. The minimum absolute atomic E-state index is 0.0840. The number of anilines is 1. The van der Waals surface area contributed by atoms with Gasteiger partial charge < -0.3 is 15.3 Å². The van der Waals surface area contributed by atoms with Gasteiger partial charge in [-0.2, -0.15) is 0 Å². The lowest BCUT2D eigenvalue weighted by Gasteiger charge is -2.22. The summed E-state index contributed by atoms with van der Waals surface area (Å²) in [6, 6.07) is 5.77. The number of carbonyl (C=O) groups is 1. The molecule has 5 rings (SSSR count). The van der Waals surface area contributed by atoms with Crippen LogP contribution < -0.4 is 10.9 Å². The van der Waals surface area contributed by atoms with Gasteiger partial charge in [0.25, 0.3) is 5.56 Å². The highest BCUT2D eigenvalue weighted by atomic mass is 32.2. The van der Waals surface area contributed by atoms with Gasteiger partial charge in [-0.1, -0.05) is 6.42 Å². The Hall–Kier alpha value is -2.65. The lowest BCUT2D eigenvalue weighted by molar-refractivity contribution is -0.115. The molecule has 1 amide bonds. The van der Waals surface area contributed by atoms with Gasteiger partial charge in [-0.05, 0) is 57.4 Å². The number of fused-ring (bicyclic) bond motifs is 2. The van der Waals surface area contributed by atoms with Crippen molar-refractivity contribution in [3.63, 3.8) is 0 Å². The molecule has 0 bridgehead atoms. The van der Waals surface area contributed by atoms with E-state index < -0.39 is 0 Å². The largest absolute Gasteiger partial charge is 0.342 e. The Kier molecular flexibility index (Phi) is 5.54. The molecule has 9 heteroatoms. The number of hydrogen-bond donors (Lipinski definition) is 3. The van der Waals surface area contributed by atoms with Crippen molar-refractivity contribution in [3.8, 4) is 0 Å². The number of nitrogens with zero attached hydrogens (tertiary/aromatic N) is 2. The summed E-state index contributed by atoms with van der Waals surface area (Å²) in [4.78, 5) is 42.6. The smallest absolute Gasteiger partial charge is 0.259 e. The summed E-state index contributed by atoms with van der Waals surface area (Å²) in [6.07, 6.45) is 3.65. The number of nitrogens with one attached hydrogen (secondary N) is 3. The van der Waals surface area contributed by atoms with Crippen molar-refractivity contribution in [1.29, 1.82) is 0 Å². The highest BCUT2D eigenvalue weighted by molar-refractivity contribution is 7.99. The van der Waals surface area contributed by atoms with Crippen molar-refractivity contribution in [3.05, 3.63) is 50.6 Å². The van der Waals surface area contributed by atoms with Crippen molar-refractivity contribution in [1.82, 2.24) is 19.9 Å². The second kappa shape index (κ2) is 8.37. The van der Waals surface area contributed by atoms with Crippen LogP contribution in [0.25, 0.3) is 21.3 Å². The van der Waals surface area contributed by atoms with Gasteiger partial charge in [-0.3, -0.25) is 9.59 Å². The number of thiophene rings is 1. The van der Waals surface area contributed by atoms with Crippen LogP contribution >= 0.6 is 23.1 Å². The summed E-state index contributed by atoms with van der Waals surface area (Å²) < 4.78 is 0. The van der Waals surface area contributed by atoms with E-state index in [0.717, 1.165) is 37.8 Å². The lowest BCUT2D eigenvalue weighted by Crippen LogP contribution is -2.23. The number of benzene rings is 1. The van der Waals surface area contributed by atoms with Crippen LogP contribution in [-0.2, 0) is 10.5 Å². The summed E-state index contributed by atoms with van der Waals surface area (Å²) in [5.74, 6) is 2.56. The molecule has 166 valence electrons. The van der Waals surface area contributed by atoms with Crippen molar-refractivity contribution in [2.24, 2.45) is 0 Å². The topological polar surface area (TPSA) is 104 Å². The van der Waals surface area contributed by atoms with E-state index >= 15 is 0 Å². The zero-order valence-electron chi connectivity index (χ0n) is 18.2. The van der Waals surface area contributed by atoms with Gasteiger partial charge in [0.1, 0.15) is 16.5 Å². The average Bonchev–Trinajstić information content (AvgIpc) is 3.24. The number of imidazole rings is 1. The first-order valence-corrected chi connectivity index (χ1v) is 12.7. The van der Waals surface area contributed by atoms with Gasteiger partial charge in [0.2, 0.25) is 5.91 Å². The van der Waals surface area contributed by atoms with E-state index in [-0.39, 0.29) is 16.7 Å². The first-order valence-electron chi connectivity index (χ1n) is 10.8. The minimum atomic E-state index is -0.300. The molecule has 1 fully saturated rings. The zero-order valence-corrected chi connectivity index (χ0v) is 19.9. The maximum absolute atomic E-state index is 12.7. The van der Waals surface area contributed by atoms with Gasteiger partial charge in [-0.25, -0.2) is 9.97 Å². The van der Waals surface area contributed by atoms with E-state index in [1.54, 1.807) is 0 Å². The number of thioether (sulfide) groups is 1. The van der Waals surface area contributed by atoms with Gasteiger partial charge in [0.05, 0.1) is 27.4 Å². The highest BCUT2D eigenvalue weighted by Crippen LogP contribution is 2.35. The maximum atomic E-state index is 12.7. The van der Waals surface area contributed by atoms with E-state index in [0.29, 0.717) is 22.9 Å². The van der Waals surface area contributed by atoms with Crippen LogP contribution in [-0.4, -0.2) is 31.1 Å². The molecule has 3 N–H and O–H groups in total. The third kappa shape index (κ3) is 3.95. The second-order valence-electron chi connectivity index (χ2n) is 8.40. The Morgan fingerprint density at radius 3 is 2.84 bits per heavy atom. The predicted octanol–water partition coefficient (Wildman–Crippen LogP) is 5.01. The van der Waals surface area contributed by atoms with Crippen molar-refractivity contribution in [2.75, 3.05) is 5.32 Å². The molecule has 1 atom stereocenters. The first-order chi connectivity index (χ1) is 15.4. The molecule has 1 saturated carbocycles. The number of amides is 1. The van der Waals surface area contributed by atoms with Crippen LogP contribution in [0, 0.1) is 13.8 Å². The normalized spacial score (nSPS) is 15.2. The summed E-state index contributed by atoms with van der Waals surface area (Å²) in [6.45, 7) is 5.80. The third-order valence-corrected chi connectivity index (χ3v) is 8.44. The van der Waals surface area contributed by atoms with E-state index in [9.17, 15) is 9.59 Å². The molecule has 1 aliphatic rings. The van der Waals surface area contributed by atoms with Crippen LogP contribution in [0.5, 0.6) is 0 Å². The number of carbonyl (C=O) groups excluding carboxylic acids is 1. The van der Waals surface area contributed by atoms with Crippen LogP contribution in [0.1, 0.15) is 54.2 Å². The molecule has 4 aromatic rings. The molecule has 7 nitrogen and oxygen atoms in total. The Labute approximate surface area is 193 Å². The Morgan fingerprint density at radius 2 is 2.09 bits per heavy atom. The molecule has 3 heterocycles. The summed E-state index contributed by atoms with van der Waals surface area (Å²) in [5, 5.41) is 3.36. The minimum Gasteiger partial charge on any atom is -0.342 e. The molecule has 0 unspecified atom stereocenters. The third-order valence-electron chi connectivity index (χ3n) is 6.19. The molecular weight excluding hydrogens is 442 g/mol. The first kappa shape index (κ1) is 21.2. The SMILES string of the molecule is Cc1sc2nc(CS[C@H](C)C(=O)Nc3ccc4nc(C5CCC5)[nH]c4c3)[nH]c(=O)c2c1C. The van der Waals surface area contributed by atoms with Crippen LogP contribution in [0.2, 0.25) is 0 Å². The maximum Gasteiger partial charge on any atom is 0.259 e. The van der Waals surface area contributed by atoms with Gasteiger partial charge in [-0.15, -0.1) is 23.1 Å². The number of hydrogen-bond acceptors (Lipinski definition) is 6. The quantitative estimate of drug-likeness (QED) is 0.370. The van der Waals surface area contributed by atoms with E-state index in [2.05, 4.69) is 25.3 Å². The van der Waals surface area contributed by atoms with Gasteiger partial charge in [0, 0.05) is 16.5 Å². The number of H-pyrrole nitrogens is 2. The molecule has 0 radical (unpaired) electrons. The molecule has 0 saturated heterocycles. The Bertz CT molecular complexity index is 1380. The number of aromatic nitrogens is 4. The monoisotopic (exact) mass is 467 g/mol. The van der Waals surface area contributed by atoms with Crippen LogP contribution in [0.3, 0.4) is 0 Å². The Balaban J connectivity index is 1.24. The average molecular weight is 468 g/mol. The molecule has 0 aliphatic heterocycles. The standard InChI is InChI=1S/C23H25N5O2S2/c1-11-12(2)32-23-19(11)22(30)27-18(28-23)10-31-13(3)21(29)24-15-7-8-16-17(9-15)26-20(25-16)14-5-4-6-14/h7-9,13-14H,4-6,10H2,1-3H3,(H,24,29)(H,25,26)(H,27,28,30)/t13-/m1/s1. The summed E-state index contributed by atoms with van der Waals surface area (Å²) >= 11 is 2.98. The summed E-state index contributed by atoms with van der Waals surface area (Å²) in [5.41, 5.74) is 3.49. The number of aryl methyl sites for hydroxylation is 2. The van der Waals surface area contributed by atoms with Crippen molar-refractivity contribution >= 4 is 55.9 Å². The fourth-order valence-corrected chi connectivity index (χ4v) is 5.68. The number of rotatable bonds is 6. The summed E-state index contributed by atoms with van der Waals surface area (Å²) in [7, 11) is 0. The van der Waals surface area contributed by atoms with Gasteiger partial charge in [0.15, 0.2) is 0 Å². The number of aromatic amines is 2.